The zero-order chi connectivity index (χ0) is 23.7. The number of nitrogens with one attached hydrogen (secondary N) is 1. The Bertz CT molecular complexity index is 1320. The Balaban J connectivity index is 1.71. The van der Waals surface area contributed by atoms with Gasteiger partial charge in [-0.15, -0.1) is 0 Å². The quantitative estimate of drug-likeness (QED) is 0.556. The van der Waals surface area contributed by atoms with Gasteiger partial charge in [-0.05, 0) is 42.5 Å². The zero-order valence-corrected chi connectivity index (χ0v) is 17.6. The highest BCUT2D eigenvalue weighted by Crippen LogP contribution is 2.33. The van der Waals surface area contributed by atoms with Crippen LogP contribution in [0, 0.1) is 0 Å². The molecular formula is C24H18N2O7. The minimum atomic E-state index is -1.22. The second kappa shape index (κ2) is 8.46. The van der Waals surface area contributed by atoms with Gasteiger partial charge in [-0.25, -0.2) is 9.69 Å². The first-order valence-electron chi connectivity index (χ1n) is 9.74. The Morgan fingerprint density at radius 1 is 0.879 bits per heavy atom. The second-order valence-corrected chi connectivity index (χ2v) is 7.05. The van der Waals surface area contributed by atoms with Crippen molar-refractivity contribution in [3.63, 3.8) is 0 Å². The molecule has 166 valence electrons. The van der Waals surface area contributed by atoms with Crippen LogP contribution in [0.15, 0.2) is 60.7 Å². The van der Waals surface area contributed by atoms with E-state index in [1.54, 1.807) is 30.3 Å². The summed E-state index contributed by atoms with van der Waals surface area (Å²) in [5.74, 6) is -2.27. The van der Waals surface area contributed by atoms with Gasteiger partial charge in [-0.2, -0.15) is 0 Å². The van der Waals surface area contributed by atoms with Gasteiger partial charge < -0.3 is 19.9 Å². The molecule has 0 bridgehead atoms. The number of imide groups is 1. The maximum Gasteiger partial charge on any atom is 0.335 e. The molecule has 3 aromatic carbocycles. The van der Waals surface area contributed by atoms with Gasteiger partial charge in [-0.3, -0.25) is 14.4 Å². The van der Waals surface area contributed by atoms with Gasteiger partial charge >= 0.3 is 5.97 Å². The smallest absolute Gasteiger partial charge is 0.335 e. The van der Waals surface area contributed by atoms with Crippen molar-refractivity contribution in [2.45, 2.75) is 0 Å². The number of anilines is 2. The highest BCUT2D eigenvalue weighted by atomic mass is 16.5. The van der Waals surface area contributed by atoms with Crippen LogP contribution in [-0.2, 0) is 0 Å². The van der Waals surface area contributed by atoms with Crippen LogP contribution in [-0.4, -0.2) is 43.0 Å². The molecule has 33 heavy (non-hydrogen) atoms. The van der Waals surface area contributed by atoms with E-state index in [2.05, 4.69) is 5.32 Å². The molecule has 0 aromatic heterocycles. The van der Waals surface area contributed by atoms with E-state index in [0.29, 0.717) is 17.2 Å². The maximum absolute atomic E-state index is 13.2. The molecule has 0 spiro atoms. The largest absolute Gasteiger partial charge is 0.497 e. The number of nitrogens with zero attached hydrogens (tertiary/aromatic N) is 1. The van der Waals surface area contributed by atoms with Gasteiger partial charge in [0.1, 0.15) is 11.5 Å². The van der Waals surface area contributed by atoms with Crippen molar-refractivity contribution >= 4 is 35.1 Å². The van der Waals surface area contributed by atoms with Gasteiger partial charge in [0.2, 0.25) is 0 Å². The number of methoxy groups -OCH3 is 2. The molecule has 1 aliphatic rings. The Hall–Kier alpha value is -4.66. The number of para-hydroxylation sites is 1. The lowest BCUT2D eigenvalue weighted by atomic mass is 10.1. The van der Waals surface area contributed by atoms with Crippen LogP contribution >= 0.6 is 0 Å². The summed E-state index contributed by atoms with van der Waals surface area (Å²) in [4.78, 5) is 51.3. The van der Waals surface area contributed by atoms with E-state index >= 15 is 0 Å². The molecule has 3 amide bonds. The Labute approximate surface area is 188 Å². The third-order valence-corrected chi connectivity index (χ3v) is 5.18. The van der Waals surface area contributed by atoms with Crippen molar-refractivity contribution in [3.8, 4) is 11.5 Å². The summed E-state index contributed by atoms with van der Waals surface area (Å²) in [5.41, 5.74) is 0.382. The monoisotopic (exact) mass is 446 g/mol. The molecule has 1 aliphatic heterocycles. The van der Waals surface area contributed by atoms with Crippen molar-refractivity contribution in [1.82, 2.24) is 0 Å². The number of rotatable bonds is 6. The number of ether oxygens (including phenoxy) is 2. The van der Waals surface area contributed by atoms with Crippen LogP contribution in [0.3, 0.4) is 0 Å². The SMILES string of the molecule is COc1ccc(OC)c(NC(=O)c2ccccc2N2C(=O)c3ccc(C(=O)O)cc3C2=O)c1. The molecule has 0 atom stereocenters. The summed E-state index contributed by atoms with van der Waals surface area (Å²) in [6.07, 6.45) is 0. The molecule has 0 radical (unpaired) electrons. The molecule has 0 fully saturated rings. The lowest BCUT2D eigenvalue weighted by Gasteiger charge is -2.18. The van der Waals surface area contributed by atoms with Crippen molar-refractivity contribution in [1.29, 1.82) is 0 Å². The highest BCUT2D eigenvalue weighted by molar-refractivity contribution is 6.35. The number of carbonyl (C=O) groups excluding carboxylic acids is 3. The molecule has 9 heteroatoms. The topological polar surface area (TPSA) is 122 Å². The first-order valence-corrected chi connectivity index (χ1v) is 9.74. The van der Waals surface area contributed by atoms with Crippen molar-refractivity contribution < 1.29 is 33.8 Å². The fourth-order valence-electron chi connectivity index (χ4n) is 3.55. The summed E-state index contributed by atoms with van der Waals surface area (Å²) >= 11 is 0. The minimum absolute atomic E-state index is 0.0374. The summed E-state index contributed by atoms with van der Waals surface area (Å²) in [6.45, 7) is 0. The van der Waals surface area contributed by atoms with Crippen molar-refractivity contribution in [3.05, 3.63) is 82.9 Å². The van der Waals surface area contributed by atoms with Gasteiger partial charge in [-0.1, -0.05) is 12.1 Å². The summed E-state index contributed by atoms with van der Waals surface area (Å²) in [7, 11) is 2.94. The Morgan fingerprint density at radius 2 is 1.61 bits per heavy atom. The predicted octanol–water partition coefficient (Wildman–Crippen LogP) is 3.45. The molecule has 0 saturated heterocycles. The number of carbonyl (C=O) groups is 4. The number of fused-ring (bicyclic) bond motifs is 1. The van der Waals surface area contributed by atoms with E-state index in [1.165, 1.54) is 38.5 Å². The maximum atomic E-state index is 13.2. The third-order valence-electron chi connectivity index (χ3n) is 5.18. The van der Waals surface area contributed by atoms with E-state index < -0.39 is 23.7 Å². The third kappa shape index (κ3) is 3.76. The first-order chi connectivity index (χ1) is 15.8. The number of hydrogen-bond acceptors (Lipinski definition) is 6. The van der Waals surface area contributed by atoms with Crippen LogP contribution < -0.4 is 19.7 Å². The van der Waals surface area contributed by atoms with Crippen molar-refractivity contribution in [2.24, 2.45) is 0 Å². The number of carboxylic acids is 1. The average molecular weight is 446 g/mol. The molecular weight excluding hydrogens is 428 g/mol. The van der Waals surface area contributed by atoms with Gasteiger partial charge in [0.15, 0.2) is 0 Å². The standard InChI is InChI=1S/C24H18N2O7/c1-32-14-8-10-20(33-2)18(12-14)25-21(27)16-5-3-4-6-19(16)26-22(28)15-9-7-13(24(30)31)11-17(15)23(26)29/h3-12H,1-2H3,(H,25,27)(H,30,31). The summed E-state index contributed by atoms with van der Waals surface area (Å²) in [5, 5.41) is 11.9. The van der Waals surface area contributed by atoms with Crippen molar-refractivity contribution in [2.75, 3.05) is 24.4 Å². The fraction of sp³-hybridized carbons (Fsp3) is 0.0833. The summed E-state index contributed by atoms with van der Waals surface area (Å²) < 4.78 is 10.5. The minimum Gasteiger partial charge on any atom is -0.497 e. The number of carboxylic acid groups (broad SMARTS) is 1. The van der Waals surface area contributed by atoms with Crippen LogP contribution in [0.4, 0.5) is 11.4 Å². The zero-order valence-electron chi connectivity index (χ0n) is 17.6. The lowest BCUT2D eigenvalue weighted by Crippen LogP contribution is -2.31. The van der Waals surface area contributed by atoms with Gasteiger partial charge in [0, 0.05) is 6.07 Å². The normalized spacial score (nSPS) is 12.4. The molecule has 9 nitrogen and oxygen atoms in total. The fourth-order valence-corrected chi connectivity index (χ4v) is 3.55. The van der Waals surface area contributed by atoms with E-state index in [0.717, 1.165) is 11.0 Å². The molecule has 4 rings (SSSR count). The number of amides is 3. The Kier molecular flexibility index (Phi) is 5.53. The van der Waals surface area contributed by atoms with Crippen LogP contribution in [0.5, 0.6) is 11.5 Å². The van der Waals surface area contributed by atoms with Gasteiger partial charge in [0.05, 0.1) is 47.8 Å². The lowest BCUT2D eigenvalue weighted by molar-refractivity contribution is 0.0696. The number of aromatic carboxylic acids is 1. The molecule has 3 aromatic rings. The molecule has 0 unspecified atom stereocenters. The highest BCUT2D eigenvalue weighted by Gasteiger charge is 2.38. The van der Waals surface area contributed by atoms with E-state index in [1.807, 2.05) is 0 Å². The second-order valence-electron chi connectivity index (χ2n) is 7.05. The van der Waals surface area contributed by atoms with E-state index in [4.69, 9.17) is 9.47 Å². The molecule has 0 aliphatic carbocycles. The van der Waals surface area contributed by atoms with E-state index in [-0.39, 0.29) is 27.9 Å². The van der Waals surface area contributed by atoms with Crippen LogP contribution in [0.25, 0.3) is 0 Å². The Morgan fingerprint density at radius 3 is 2.30 bits per heavy atom. The average Bonchev–Trinajstić information content (AvgIpc) is 3.08. The van der Waals surface area contributed by atoms with Crippen LogP contribution in [0.1, 0.15) is 41.4 Å². The molecule has 2 N–H and O–H groups in total. The number of benzene rings is 3. The first kappa shape index (κ1) is 21.6. The predicted molar refractivity (Wildman–Crippen MR) is 118 cm³/mol. The molecule has 1 heterocycles. The van der Waals surface area contributed by atoms with Gasteiger partial charge in [0.25, 0.3) is 17.7 Å². The number of hydrogen-bond donors (Lipinski definition) is 2. The molecule has 0 saturated carbocycles. The van der Waals surface area contributed by atoms with Crippen LogP contribution in [0.2, 0.25) is 0 Å². The summed E-state index contributed by atoms with van der Waals surface area (Å²) in [6, 6.07) is 14.7. The van der Waals surface area contributed by atoms with E-state index in [9.17, 15) is 24.3 Å².